The number of ether oxygens (including phenoxy) is 3. The molecule has 0 aliphatic rings. The maximum Gasteiger partial charge on any atom is 0.411 e. The number of alkyl carbamates (subject to hydrolysis) is 1. The molecule has 0 bridgehead atoms. The molecule has 1 aromatic carbocycles. The Morgan fingerprint density at radius 2 is 1.76 bits per heavy atom. The molecule has 12 heteroatoms. The van der Waals surface area contributed by atoms with E-state index in [1.165, 1.54) is 19.1 Å². The van der Waals surface area contributed by atoms with Gasteiger partial charge < -0.3 is 29.5 Å². The van der Waals surface area contributed by atoms with E-state index in [-0.39, 0.29) is 24.8 Å². The third-order valence-electron chi connectivity index (χ3n) is 3.34. The maximum atomic E-state index is 12.1. The van der Waals surface area contributed by atoms with Crippen LogP contribution in [0.25, 0.3) is 0 Å². The number of benzene rings is 1. The van der Waals surface area contributed by atoms with Gasteiger partial charge in [-0.15, -0.1) is 0 Å². The summed E-state index contributed by atoms with van der Waals surface area (Å²) in [6.07, 6.45) is -4.19. The molecule has 1 amide bonds. The van der Waals surface area contributed by atoms with Gasteiger partial charge in [0.05, 0.1) is 12.2 Å². The average Bonchev–Trinajstić information content (AvgIpc) is 2.64. The van der Waals surface area contributed by atoms with Gasteiger partial charge in [0.15, 0.2) is 7.37 Å². The Balaban J connectivity index is 2.82. The van der Waals surface area contributed by atoms with Gasteiger partial charge in [0.1, 0.15) is 6.04 Å². The SMILES string of the molecule is CCOC(=O)C(OC(=O)NC(CCP(C)(=O)O)C(=O)O)OC(=O)c1ccccc1. The molecule has 0 heterocycles. The molecule has 1 rings (SSSR count). The van der Waals surface area contributed by atoms with Gasteiger partial charge in [-0.1, -0.05) is 18.2 Å². The van der Waals surface area contributed by atoms with Crippen molar-refractivity contribution in [3.8, 4) is 0 Å². The minimum Gasteiger partial charge on any atom is -0.480 e. The lowest BCUT2D eigenvalue weighted by Gasteiger charge is -2.19. The fraction of sp³-hybridized carbons (Fsp3) is 0.412. The zero-order valence-corrected chi connectivity index (χ0v) is 16.7. The summed E-state index contributed by atoms with van der Waals surface area (Å²) in [5.74, 6) is -3.63. The highest BCUT2D eigenvalue weighted by Gasteiger charge is 2.31. The van der Waals surface area contributed by atoms with Gasteiger partial charge in [0.2, 0.25) is 0 Å². The van der Waals surface area contributed by atoms with Gasteiger partial charge in [-0.05, 0) is 25.5 Å². The number of carbonyl (C=O) groups is 4. The predicted octanol–water partition coefficient (Wildman–Crippen LogP) is 1.20. The molecular formula is C17H22NO10P. The molecule has 0 spiro atoms. The molecule has 11 nitrogen and oxygen atoms in total. The first kappa shape index (κ1) is 24.1. The van der Waals surface area contributed by atoms with Crippen molar-refractivity contribution in [3.05, 3.63) is 35.9 Å². The third-order valence-corrected chi connectivity index (χ3v) is 4.43. The summed E-state index contributed by atoms with van der Waals surface area (Å²) in [5.41, 5.74) is 0.0795. The topological polar surface area (TPSA) is 166 Å². The van der Waals surface area contributed by atoms with Gasteiger partial charge >= 0.3 is 30.3 Å². The summed E-state index contributed by atoms with van der Waals surface area (Å²) in [5, 5.41) is 11.1. The van der Waals surface area contributed by atoms with E-state index in [1.807, 2.05) is 5.32 Å². The van der Waals surface area contributed by atoms with Crippen molar-refractivity contribution in [1.29, 1.82) is 0 Å². The van der Waals surface area contributed by atoms with E-state index in [4.69, 9.17) is 14.6 Å². The van der Waals surface area contributed by atoms with E-state index in [0.717, 1.165) is 6.66 Å². The number of amides is 1. The molecule has 3 unspecified atom stereocenters. The van der Waals surface area contributed by atoms with Crippen LogP contribution < -0.4 is 5.32 Å². The van der Waals surface area contributed by atoms with Gasteiger partial charge in [-0.3, -0.25) is 4.57 Å². The molecule has 1 aromatic rings. The van der Waals surface area contributed by atoms with Crippen LogP contribution in [-0.2, 0) is 28.4 Å². The van der Waals surface area contributed by atoms with Crippen molar-refractivity contribution in [3.63, 3.8) is 0 Å². The van der Waals surface area contributed by atoms with Crippen molar-refractivity contribution in [2.75, 3.05) is 19.4 Å². The Morgan fingerprint density at radius 1 is 1.14 bits per heavy atom. The first-order valence-corrected chi connectivity index (χ1v) is 10.7. The van der Waals surface area contributed by atoms with E-state index in [0.29, 0.717) is 0 Å². The molecule has 0 aliphatic carbocycles. The zero-order chi connectivity index (χ0) is 22.0. The lowest BCUT2D eigenvalue weighted by Crippen LogP contribution is -2.45. The second kappa shape index (κ2) is 11.2. The number of hydrogen-bond acceptors (Lipinski definition) is 8. The Kier molecular flexibility index (Phi) is 9.30. The minimum absolute atomic E-state index is 0.0795. The molecule has 0 aliphatic heterocycles. The summed E-state index contributed by atoms with van der Waals surface area (Å²) in [4.78, 5) is 56.5. The maximum absolute atomic E-state index is 12.1. The summed E-state index contributed by atoms with van der Waals surface area (Å²) < 4.78 is 25.6. The highest BCUT2D eigenvalue weighted by atomic mass is 31.2. The molecular weight excluding hydrogens is 409 g/mol. The molecule has 29 heavy (non-hydrogen) atoms. The standard InChI is InChI=1S/C17H22NO10P/c1-3-26-15(22)16(27-14(21)11-7-5-4-6-8-11)28-17(23)18-12(13(19)20)9-10-29(2,24)25/h4-8,12,16H,3,9-10H2,1-2H3,(H,18,23)(H,19,20)(H,24,25). The normalized spacial score (nSPS) is 14.6. The smallest absolute Gasteiger partial charge is 0.411 e. The molecule has 3 N–H and O–H groups in total. The Morgan fingerprint density at radius 3 is 2.28 bits per heavy atom. The number of carbonyl (C=O) groups excluding carboxylic acids is 3. The Labute approximate surface area is 166 Å². The number of nitrogens with one attached hydrogen (secondary N) is 1. The number of carboxylic acids is 1. The average molecular weight is 431 g/mol. The monoisotopic (exact) mass is 431 g/mol. The van der Waals surface area contributed by atoms with Gasteiger partial charge in [-0.25, -0.2) is 19.2 Å². The van der Waals surface area contributed by atoms with E-state index in [1.54, 1.807) is 18.2 Å². The Hall–Kier alpha value is -2.91. The van der Waals surface area contributed by atoms with Crippen molar-refractivity contribution >= 4 is 31.4 Å². The molecule has 160 valence electrons. The van der Waals surface area contributed by atoms with Crippen LogP contribution in [0.4, 0.5) is 4.79 Å². The number of hydrogen-bond donors (Lipinski definition) is 3. The summed E-state index contributed by atoms with van der Waals surface area (Å²) >= 11 is 0. The molecule has 0 aromatic heterocycles. The molecule has 0 saturated carbocycles. The summed E-state index contributed by atoms with van der Waals surface area (Å²) in [6.45, 7) is 2.43. The van der Waals surface area contributed by atoms with E-state index >= 15 is 0 Å². The largest absolute Gasteiger partial charge is 0.480 e. The quantitative estimate of drug-likeness (QED) is 0.278. The predicted molar refractivity (Wildman–Crippen MR) is 98.6 cm³/mol. The van der Waals surface area contributed by atoms with Crippen LogP contribution in [0.1, 0.15) is 23.7 Å². The van der Waals surface area contributed by atoms with E-state index in [2.05, 4.69) is 4.74 Å². The number of aliphatic carboxylic acids is 1. The highest BCUT2D eigenvalue weighted by Crippen LogP contribution is 2.36. The number of carboxylic acid groups (broad SMARTS) is 1. The van der Waals surface area contributed by atoms with Crippen LogP contribution in [0.3, 0.4) is 0 Å². The van der Waals surface area contributed by atoms with Crippen molar-refractivity contribution in [2.24, 2.45) is 0 Å². The van der Waals surface area contributed by atoms with Crippen molar-refractivity contribution in [1.82, 2.24) is 5.32 Å². The molecule has 3 atom stereocenters. The Bertz CT molecular complexity index is 776. The zero-order valence-electron chi connectivity index (χ0n) is 15.8. The van der Waals surface area contributed by atoms with Crippen molar-refractivity contribution < 1.29 is 48.0 Å². The van der Waals surface area contributed by atoms with Crippen molar-refractivity contribution in [2.45, 2.75) is 25.7 Å². The fourth-order valence-electron chi connectivity index (χ4n) is 1.97. The first-order valence-electron chi connectivity index (χ1n) is 8.45. The lowest BCUT2D eigenvalue weighted by molar-refractivity contribution is -0.173. The second-order valence-electron chi connectivity index (χ2n) is 5.86. The number of esters is 2. The highest BCUT2D eigenvalue weighted by molar-refractivity contribution is 7.57. The van der Waals surface area contributed by atoms with E-state index < -0.39 is 43.7 Å². The first-order chi connectivity index (χ1) is 13.5. The summed E-state index contributed by atoms with van der Waals surface area (Å²) in [6, 6.07) is 6.00. The van der Waals surface area contributed by atoms with Crippen LogP contribution in [0.15, 0.2) is 30.3 Å². The van der Waals surface area contributed by atoms with Crippen LogP contribution in [0.2, 0.25) is 0 Å². The van der Waals surface area contributed by atoms with Crippen LogP contribution in [0.5, 0.6) is 0 Å². The van der Waals surface area contributed by atoms with Gasteiger partial charge in [0, 0.05) is 12.8 Å². The minimum atomic E-state index is -3.51. The van der Waals surface area contributed by atoms with Gasteiger partial charge in [0.25, 0.3) is 0 Å². The summed E-state index contributed by atoms with van der Waals surface area (Å²) in [7, 11) is -3.51. The second-order valence-corrected chi connectivity index (χ2v) is 8.41. The van der Waals surface area contributed by atoms with E-state index in [9.17, 15) is 28.6 Å². The van der Waals surface area contributed by atoms with Crippen LogP contribution in [-0.4, -0.2) is 65.8 Å². The third kappa shape index (κ3) is 9.22. The molecule has 0 saturated heterocycles. The van der Waals surface area contributed by atoms with Gasteiger partial charge in [-0.2, -0.15) is 0 Å². The fourth-order valence-corrected chi connectivity index (χ4v) is 2.71. The van der Waals surface area contributed by atoms with Crippen LogP contribution in [0, 0.1) is 0 Å². The number of rotatable bonds is 10. The van der Waals surface area contributed by atoms with Crippen LogP contribution >= 0.6 is 7.37 Å². The molecule has 0 radical (unpaired) electrons. The lowest BCUT2D eigenvalue weighted by atomic mass is 10.2. The molecule has 0 fully saturated rings.